The first-order valence-corrected chi connectivity index (χ1v) is 9.78. The number of nitrogens with one attached hydrogen (secondary N) is 3. The van der Waals surface area contributed by atoms with Crippen molar-refractivity contribution >= 4 is 28.4 Å². The number of urea groups is 1. The van der Waals surface area contributed by atoms with Gasteiger partial charge in [-0.3, -0.25) is 4.98 Å². The number of aryl methyl sites for hydroxylation is 1. The molecule has 0 aromatic carbocycles. The van der Waals surface area contributed by atoms with Crippen molar-refractivity contribution in [3.63, 3.8) is 0 Å². The fraction of sp³-hybridized carbons (Fsp3) is 0.381. The first-order valence-electron chi connectivity index (χ1n) is 9.78. The summed E-state index contributed by atoms with van der Waals surface area (Å²) in [6.45, 7) is 1.88. The lowest BCUT2D eigenvalue weighted by Crippen LogP contribution is -2.24. The number of aromatic nitrogens is 3. The minimum Gasteiger partial charge on any atom is -0.495 e. The Balaban J connectivity index is 1.43. The largest absolute Gasteiger partial charge is 0.495 e. The number of rotatable bonds is 4. The van der Waals surface area contributed by atoms with Gasteiger partial charge in [-0.05, 0) is 37.5 Å². The molecular weight excluding hydrogens is 392 g/mol. The molecule has 30 heavy (non-hydrogen) atoms. The highest BCUT2D eigenvalue weighted by molar-refractivity contribution is 6.05. The van der Waals surface area contributed by atoms with Crippen LogP contribution in [0, 0.1) is 6.92 Å². The quantitative estimate of drug-likeness (QED) is 0.545. The van der Waals surface area contributed by atoms with Crippen LogP contribution in [0.5, 0.6) is 5.75 Å². The number of carbonyl (C=O) groups is 1. The van der Waals surface area contributed by atoms with Gasteiger partial charge in [0.15, 0.2) is 0 Å². The third kappa shape index (κ3) is 4.19. The predicted octanol–water partition coefficient (Wildman–Crippen LogP) is 5.21. The number of carbonyl (C=O) groups excluding carboxylic acids is 1. The standard InChI is InChI=1S/C21H23F2N5O2/c1-12-7-14(9-24-18(12)13-3-5-21(22,23)6-4-13)27-20(29)28-17-11-26-19-16(17)8-15(30-2)10-25-19/h7-11,13H,3-6H2,1-2H3,(H,25,26)(H2,27,28,29). The van der Waals surface area contributed by atoms with E-state index in [0.717, 1.165) is 16.6 Å². The lowest BCUT2D eigenvalue weighted by molar-refractivity contribution is -0.0385. The molecule has 0 saturated heterocycles. The predicted molar refractivity (Wildman–Crippen MR) is 110 cm³/mol. The van der Waals surface area contributed by atoms with E-state index in [1.807, 2.05) is 13.0 Å². The highest BCUT2D eigenvalue weighted by Gasteiger charge is 2.36. The lowest BCUT2D eigenvalue weighted by atomic mass is 9.83. The maximum Gasteiger partial charge on any atom is 0.323 e. The van der Waals surface area contributed by atoms with E-state index < -0.39 is 12.0 Å². The zero-order chi connectivity index (χ0) is 21.3. The Hall–Kier alpha value is -3.23. The molecule has 0 unspecified atom stereocenters. The molecule has 0 bridgehead atoms. The van der Waals surface area contributed by atoms with Gasteiger partial charge in [0.25, 0.3) is 0 Å². The number of pyridine rings is 2. The summed E-state index contributed by atoms with van der Waals surface area (Å²) in [5.74, 6) is -1.95. The van der Waals surface area contributed by atoms with Crippen LogP contribution >= 0.6 is 0 Å². The van der Waals surface area contributed by atoms with Crippen molar-refractivity contribution in [2.24, 2.45) is 0 Å². The maximum atomic E-state index is 13.4. The van der Waals surface area contributed by atoms with Gasteiger partial charge in [0.1, 0.15) is 11.4 Å². The molecule has 1 aliphatic rings. The Morgan fingerprint density at radius 1 is 1.20 bits per heavy atom. The van der Waals surface area contributed by atoms with Gasteiger partial charge in [0, 0.05) is 36.0 Å². The number of methoxy groups -OCH3 is 1. The van der Waals surface area contributed by atoms with Crippen molar-refractivity contribution in [3.8, 4) is 5.75 Å². The molecule has 0 radical (unpaired) electrons. The average molecular weight is 415 g/mol. The fourth-order valence-corrected chi connectivity index (χ4v) is 3.88. The Morgan fingerprint density at radius 3 is 2.67 bits per heavy atom. The number of hydrogen-bond donors (Lipinski definition) is 3. The van der Waals surface area contributed by atoms with Gasteiger partial charge in [0.2, 0.25) is 5.92 Å². The molecule has 0 aliphatic heterocycles. The van der Waals surface area contributed by atoms with Crippen molar-refractivity contribution in [2.45, 2.75) is 44.4 Å². The molecule has 1 aliphatic carbocycles. The smallest absolute Gasteiger partial charge is 0.323 e. The summed E-state index contributed by atoms with van der Waals surface area (Å²) >= 11 is 0. The van der Waals surface area contributed by atoms with Crippen LogP contribution in [0.15, 0.2) is 30.7 Å². The number of anilines is 2. The first kappa shape index (κ1) is 20.1. The molecular formula is C21H23F2N5O2. The molecule has 4 rings (SSSR count). The zero-order valence-corrected chi connectivity index (χ0v) is 16.8. The summed E-state index contributed by atoms with van der Waals surface area (Å²) in [6.07, 6.45) is 5.44. The van der Waals surface area contributed by atoms with E-state index in [1.54, 1.807) is 31.8 Å². The molecule has 3 aromatic heterocycles. The number of amides is 2. The summed E-state index contributed by atoms with van der Waals surface area (Å²) in [5, 5.41) is 6.27. The topological polar surface area (TPSA) is 91.9 Å². The number of nitrogens with zero attached hydrogens (tertiary/aromatic N) is 2. The molecule has 7 nitrogen and oxygen atoms in total. The van der Waals surface area contributed by atoms with E-state index in [9.17, 15) is 13.6 Å². The molecule has 9 heteroatoms. The van der Waals surface area contributed by atoms with Crippen LogP contribution in [0.3, 0.4) is 0 Å². The van der Waals surface area contributed by atoms with Gasteiger partial charge in [0.05, 0.1) is 30.9 Å². The van der Waals surface area contributed by atoms with Crippen molar-refractivity contribution in [2.75, 3.05) is 17.7 Å². The molecule has 1 saturated carbocycles. The van der Waals surface area contributed by atoms with Crippen molar-refractivity contribution in [1.29, 1.82) is 0 Å². The number of hydrogen-bond acceptors (Lipinski definition) is 4. The van der Waals surface area contributed by atoms with Crippen LogP contribution < -0.4 is 15.4 Å². The number of alkyl halides is 2. The van der Waals surface area contributed by atoms with Crippen molar-refractivity contribution < 1.29 is 18.3 Å². The Bertz CT molecular complexity index is 1070. The number of fused-ring (bicyclic) bond motifs is 1. The minimum atomic E-state index is -2.56. The fourth-order valence-electron chi connectivity index (χ4n) is 3.88. The van der Waals surface area contributed by atoms with Crippen LogP contribution in [-0.4, -0.2) is 34.0 Å². The first-order chi connectivity index (χ1) is 14.3. The van der Waals surface area contributed by atoms with Gasteiger partial charge in [-0.1, -0.05) is 0 Å². The monoisotopic (exact) mass is 415 g/mol. The molecule has 0 spiro atoms. The Labute approximate surface area is 172 Å². The van der Waals surface area contributed by atoms with Crippen LogP contribution in [0.1, 0.15) is 42.9 Å². The molecule has 2 amide bonds. The molecule has 158 valence electrons. The van der Waals surface area contributed by atoms with Crippen LogP contribution in [0.25, 0.3) is 11.0 Å². The van der Waals surface area contributed by atoms with Crippen LogP contribution in [-0.2, 0) is 0 Å². The summed E-state index contributed by atoms with van der Waals surface area (Å²) in [5.41, 5.74) is 3.44. The maximum absolute atomic E-state index is 13.4. The molecule has 3 N–H and O–H groups in total. The second-order valence-corrected chi connectivity index (χ2v) is 7.61. The highest BCUT2D eigenvalue weighted by atomic mass is 19.3. The van der Waals surface area contributed by atoms with Gasteiger partial charge in [-0.25, -0.2) is 18.6 Å². The molecule has 0 atom stereocenters. The SMILES string of the molecule is COc1cnc2[nH]cc(NC(=O)Nc3cnc(C4CCC(F)(F)CC4)c(C)c3)c2c1. The normalized spacial score (nSPS) is 16.4. The Morgan fingerprint density at radius 2 is 1.97 bits per heavy atom. The van der Waals surface area contributed by atoms with Crippen molar-refractivity contribution in [1.82, 2.24) is 15.0 Å². The third-order valence-corrected chi connectivity index (χ3v) is 5.47. The van der Waals surface area contributed by atoms with E-state index >= 15 is 0 Å². The summed E-state index contributed by atoms with van der Waals surface area (Å²) in [4.78, 5) is 24.1. The zero-order valence-electron chi connectivity index (χ0n) is 16.8. The van der Waals surface area contributed by atoms with E-state index in [-0.39, 0.29) is 18.8 Å². The minimum absolute atomic E-state index is 0.0289. The van der Waals surface area contributed by atoms with Gasteiger partial charge < -0.3 is 20.4 Å². The molecule has 1 fully saturated rings. The molecule has 3 heterocycles. The highest BCUT2D eigenvalue weighted by Crippen LogP contribution is 2.41. The lowest BCUT2D eigenvalue weighted by Gasteiger charge is -2.28. The van der Waals surface area contributed by atoms with E-state index in [4.69, 9.17) is 4.74 Å². The van der Waals surface area contributed by atoms with Gasteiger partial charge in [-0.15, -0.1) is 0 Å². The number of ether oxygens (including phenoxy) is 1. The second-order valence-electron chi connectivity index (χ2n) is 7.61. The van der Waals surface area contributed by atoms with Gasteiger partial charge in [-0.2, -0.15) is 0 Å². The van der Waals surface area contributed by atoms with E-state index in [0.29, 0.717) is 35.6 Å². The van der Waals surface area contributed by atoms with Crippen LogP contribution in [0.2, 0.25) is 0 Å². The second kappa shape index (κ2) is 7.89. The van der Waals surface area contributed by atoms with E-state index in [2.05, 4.69) is 25.6 Å². The summed E-state index contributed by atoms with van der Waals surface area (Å²) in [6, 6.07) is 3.17. The van der Waals surface area contributed by atoms with Gasteiger partial charge >= 0.3 is 6.03 Å². The molecule has 3 aromatic rings. The summed E-state index contributed by atoms with van der Waals surface area (Å²) < 4.78 is 32.0. The average Bonchev–Trinajstić information content (AvgIpc) is 3.10. The third-order valence-electron chi connectivity index (χ3n) is 5.47. The van der Waals surface area contributed by atoms with Crippen molar-refractivity contribution in [3.05, 3.63) is 42.0 Å². The van der Waals surface area contributed by atoms with E-state index in [1.165, 1.54) is 0 Å². The number of halogens is 2. The number of aromatic amines is 1. The Kier molecular flexibility index (Phi) is 5.27. The van der Waals surface area contributed by atoms with Crippen LogP contribution in [0.4, 0.5) is 25.0 Å². The summed E-state index contributed by atoms with van der Waals surface area (Å²) in [7, 11) is 1.55. The number of H-pyrrole nitrogens is 1.